The molecule has 1 rings (SSSR count). The van der Waals surface area contributed by atoms with Crippen molar-refractivity contribution in [1.29, 1.82) is 0 Å². The van der Waals surface area contributed by atoms with Crippen LogP contribution in [0, 0.1) is 19.0 Å². The lowest BCUT2D eigenvalue weighted by atomic mass is 10.1. The van der Waals surface area contributed by atoms with Crippen molar-refractivity contribution in [2.75, 3.05) is 13.2 Å². The molecule has 2 nitrogen and oxygen atoms in total. The predicted octanol–water partition coefficient (Wildman–Crippen LogP) is 8.09. The Bertz CT molecular complexity index is 455. The average Bonchev–Trinajstić information content (AvgIpc) is 2.57. The van der Waals surface area contributed by atoms with Crippen LogP contribution in [0.3, 0.4) is 0 Å². The van der Waals surface area contributed by atoms with Gasteiger partial charge in [-0.1, -0.05) is 66.2 Å². The molecule has 0 aliphatic heterocycles. The topological polar surface area (TPSA) is 18.5 Å². The molecule has 0 heterocycles. The van der Waals surface area contributed by atoms with Gasteiger partial charge in [-0.05, 0) is 82.0 Å². The van der Waals surface area contributed by atoms with Gasteiger partial charge in [0.05, 0.1) is 20.4 Å². The second-order valence-corrected chi connectivity index (χ2v) is 10.2. The molecule has 0 bridgehead atoms. The van der Waals surface area contributed by atoms with Gasteiger partial charge in [-0.2, -0.15) is 0 Å². The Hall–Kier alpha value is 0.280. The molecule has 0 saturated carbocycles. The van der Waals surface area contributed by atoms with Crippen molar-refractivity contribution in [3.8, 4) is 11.5 Å². The molecule has 0 aliphatic rings. The van der Waals surface area contributed by atoms with Crippen LogP contribution in [0.2, 0.25) is 0 Å². The van der Waals surface area contributed by atoms with Gasteiger partial charge in [0.25, 0.3) is 0 Å². The van der Waals surface area contributed by atoms with E-state index in [1.165, 1.54) is 38.5 Å². The third-order valence-electron chi connectivity index (χ3n) is 4.35. The van der Waals surface area contributed by atoms with Crippen LogP contribution in [0.25, 0.3) is 0 Å². The SMILES string of the molecule is CC(C)CCCCCOc1cc(I)c(OCCCCCC(C)C)cc1I. The van der Waals surface area contributed by atoms with Gasteiger partial charge in [-0.3, -0.25) is 0 Å². The van der Waals surface area contributed by atoms with Crippen LogP contribution in [-0.4, -0.2) is 13.2 Å². The first-order valence-corrected chi connectivity index (χ1v) is 12.3. The third kappa shape index (κ3) is 11.2. The van der Waals surface area contributed by atoms with Crippen molar-refractivity contribution in [3.63, 3.8) is 0 Å². The number of benzene rings is 1. The minimum Gasteiger partial charge on any atom is -0.492 e. The minimum atomic E-state index is 0.806. The summed E-state index contributed by atoms with van der Waals surface area (Å²) >= 11 is 4.71. The summed E-state index contributed by atoms with van der Waals surface area (Å²) in [6.45, 7) is 10.8. The number of halogens is 2. The van der Waals surface area contributed by atoms with E-state index in [-0.39, 0.29) is 0 Å². The molecule has 150 valence electrons. The molecule has 4 heteroatoms. The van der Waals surface area contributed by atoms with E-state index in [0.29, 0.717) is 0 Å². The molecule has 26 heavy (non-hydrogen) atoms. The second kappa shape index (κ2) is 14.3. The van der Waals surface area contributed by atoms with Crippen molar-refractivity contribution in [2.24, 2.45) is 11.8 Å². The van der Waals surface area contributed by atoms with E-state index in [9.17, 15) is 0 Å². The highest BCUT2D eigenvalue weighted by Gasteiger charge is 2.09. The van der Waals surface area contributed by atoms with Crippen LogP contribution in [0.1, 0.15) is 79.1 Å². The largest absolute Gasteiger partial charge is 0.492 e. The highest BCUT2D eigenvalue weighted by atomic mass is 127. The number of hydrogen-bond acceptors (Lipinski definition) is 2. The van der Waals surface area contributed by atoms with Crippen molar-refractivity contribution in [2.45, 2.75) is 79.1 Å². The summed E-state index contributed by atoms with van der Waals surface area (Å²) in [5.74, 6) is 3.59. The Balaban J connectivity index is 2.30. The smallest absolute Gasteiger partial charge is 0.133 e. The van der Waals surface area contributed by atoms with Crippen LogP contribution in [0.15, 0.2) is 12.1 Å². The van der Waals surface area contributed by atoms with E-state index in [1.54, 1.807) is 0 Å². The zero-order valence-electron chi connectivity index (χ0n) is 17.0. The second-order valence-electron chi connectivity index (χ2n) is 7.90. The molecule has 0 aliphatic carbocycles. The molecule has 0 aromatic heterocycles. The Morgan fingerprint density at radius 2 is 1.04 bits per heavy atom. The molecule has 0 fully saturated rings. The Morgan fingerprint density at radius 3 is 1.38 bits per heavy atom. The van der Waals surface area contributed by atoms with Crippen molar-refractivity contribution in [1.82, 2.24) is 0 Å². The van der Waals surface area contributed by atoms with Crippen LogP contribution >= 0.6 is 45.2 Å². The van der Waals surface area contributed by atoms with Gasteiger partial charge in [0.1, 0.15) is 11.5 Å². The Kier molecular flexibility index (Phi) is 13.4. The first-order valence-electron chi connectivity index (χ1n) is 10.1. The summed E-state index contributed by atoms with van der Waals surface area (Å²) in [5, 5.41) is 0. The molecule has 1 aromatic carbocycles. The van der Waals surface area contributed by atoms with Gasteiger partial charge in [-0.25, -0.2) is 0 Å². The van der Waals surface area contributed by atoms with Gasteiger partial charge < -0.3 is 9.47 Å². The lowest BCUT2D eigenvalue weighted by Gasteiger charge is -2.13. The lowest BCUT2D eigenvalue weighted by Crippen LogP contribution is -2.03. The maximum absolute atomic E-state index is 5.99. The molecule has 1 aromatic rings. The summed E-state index contributed by atoms with van der Waals surface area (Å²) in [6.07, 6.45) is 10.0. The zero-order chi connectivity index (χ0) is 19.4. The van der Waals surface area contributed by atoms with Crippen LogP contribution in [-0.2, 0) is 0 Å². The Labute approximate surface area is 188 Å². The van der Waals surface area contributed by atoms with Crippen molar-refractivity contribution < 1.29 is 9.47 Å². The number of unbranched alkanes of at least 4 members (excludes halogenated alkanes) is 4. The standard InChI is InChI=1S/C22H36I2O2/c1-17(2)11-7-5-9-13-25-21-15-20(24)22(16-19(21)23)26-14-10-6-8-12-18(3)4/h15-18H,5-14H2,1-4H3. The molecule has 0 spiro atoms. The monoisotopic (exact) mass is 586 g/mol. The van der Waals surface area contributed by atoms with Crippen molar-refractivity contribution >= 4 is 45.2 Å². The van der Waals surface area contributed by atoms with Gasteiger partial charge in [0.15, 0.2) is 0 Å². The maximum atomic E-state index is 5.99. The van der Waals surface area contributed by atoms with Gasteiger partial charge in [-0.15, -0.1) is 0 Å². The highest BCUT2D eigenvalue weighted by molar-refractivity contribution is 14.1. The molecule has 0 amide bonds. The summed E-state index contributed by atoms with van der Waals surface area (Å²) < 4.78 is 14.3. The normalized spacial score (nSPS) is 11.4. The summed E-state index contributed by atoms with van der Waals surface area (Å²) in [7, 11) is 0. The molecule has 0 radical (unpaired) electrons. The average molecular weight is 586 g/mol. The van der Waals surface area contributed by atoms with E-state index in [1.807, 2.05) is 0 Å². The summed E-state index contributed by atoms with van der Waals surface area (Å²) in [4.78, 5) is 0. The fourth-order valence-electron chi connectivity index (χ4n) is 2.76. The number of hydrogen-bond donors (Lipinski definition) is 0. The number of ether oxygens (including phenoxy) is 2. The fourth-order valence-corrected chi connectivity index (χ4v) is 3.95. The Morgan fingerprint density at radius 1 is 0.654 bits per heavy atom. The first kappa shape index (κ1) is 24.3. The van der Waals surface area contributed by atoms with Gasteiger partial charge >= 0.3 is 0 Å². The molecule has 0 unspecified atom stereocenters. The molecule has 0 saturated heterocycles. The van der Waals surface area contributed by atoms with Gasteiger partial charge in [0, 0.05) is 0 Å². The molecule has 0 N–H and O–H groups in total. The van der Waals surface area contributed by atoms with E-state index in [2.05, 4.69) is 85.0 Å². The zero-order valence-corrected chi connectivity index (χ0v) is 21.3. The highest BCUT2D eigenvalue weighted by Crippen LogP contribution is 2.31. The van der Waals surface area contributed by atoms with E-state index in [0.717, 1.165) is 56.5 Å². The fraction of sp³-hybridized carbons (Fsp3) is 0.727. The molecular formula is C22H36I2O2. The number of rotatable bonds is 14. The lowest BCUT2D eigenvalue weighted by molar-refractivity contribution is 0.292. The maximum Gasteiger partial charge on any atom is 0.133 e. The summed E-state index contributed by atoms with van der Waals surface area (Å²) in [5.41, 5.74) is 0. The first-order chi connectivity index (χ1) is 12.4. The van der Waals surface area contributed by atoms with Gasteiger partial charge in [0.2, 0.25) is 0 Å². The summed E-state index contributed by atoms with van der Waals surface area (Å²) in [6, 6.07) is 4.23. The minimum absolute atomic E-state index is 0.806. The quantitative estimate of drug-likeness (QED) is 0.162. The molecular weight excluding hydrogens is 550 g/mol. The van der Waals surface area contributed by atoms with Crippen molar-refractivity contribution in [3.05, 3.63) is 19.3 Å². The van der Waals surface area contributed by atoms with E-state index >= 15 is 0 Å². The third-order valence-corrected chi connectivity index (χ3v) is 6.04. The van der Waals surface area contributed by atoms with Crippen LogP contribution in [0.4, 0.5) is 0 Å². The molecule has 0 atom stereocenters. The van der Waals surface area contributed by atoms with E-state index < -0.39 is 0 Å². The van der Waals surface area contributed by atoms with E-state index in [4.69, 9.17) is 9.47 Å². The van der Waals surface area contributed by atoms with Crippen LogP contribution < -0.4 is 9.47 Å². The predicted molar refractivity (Wildman–Crippen MR) is 129 cm³/mol. The van der Waals surface area contributed by atoms with Crippen LogP contribution in [0.5, 0.6) is 11.5 Å².